The van der Waals surface area contributed by atoms with Crippen molar-refractivity contribution >= 4 is 0 Å². The highest BCUT2D eigenvalue weighted by Gasteiger charge is 2.22. The summed E-state index contributed by atoms with van der Waals surface area (Å²) in [7, 11) is 2.13. The summed E-state index contributed by atoms with van der Waals surface area (Å²) in [4.78, 5) is 2.32. The summed E-state index contributed by atoms with van der Waals surface area (Å²) in [5.41, 5.74) is 0.0118. The summed E-state index contributed by atoms with van der Waals surface area (Å²) in [5, 5.41) is 9.14. The molecule has 0 spiro atoms. The highest BCUT2D eigenvalue weighted by molar-refractivity contribution is 4.75. The topological polar surface area (TPSA) is 23.5 Å². The second kappa shape index (κ2) is 4.97. The van der Waals surface area contributed by atoms with E-state index in [4.69, 9.17) is 5.11 Å². The molecule has 0 aromatic rings. The molecule has 80 valence electrons. The van der Waals surface area contributed by atoms with Crippen molar-refractivity contribution in [2.24, 2.45) is 11.3 Å². The van der Waals surface area contributed by atoms with Crippen molar-refractivity contribution in [2.45, 2.75) is 40.7 Å². The van der Waals surface area contributed by atoms with Crippen molar-refractivity contribution in [3.63, 3.8) is 0 Å². The molecule has 0 saturated heterocycles. The molecule has 0 aromatic carbocycles. The molecule has 0 radical (unpaired) electrons. The van der Waals surface area contributed by atoms with Gasteiger partial charge in [0.15, 0.2) is 0 Å². The van der Waals surface area contributed by atoms with E-state index >= 15 is 0 Å². The van der Waals surface area contributed by atoms with Gasteiger partial charge in [-0.3, -0.25) is 0 Å². The first-order valence-electron chi connectivity index (χ1n) is 5.11. The zero-order valence-electron chi connectivity index (χ0n) is 9.96. The van der Waals surface area contributed by atoms with Gasteiger partial charge in [0.1, 0.15) is 0 Å². The van der Waals surface area contributed by atoms with Crippen LogP contribution in [0.5, 0.6) is 0 Å². The first kappa shape index (κ1) is 12.9. The Bertz CT molecular complexity index is 143. The second-order valence-electron chi connectivity index (χ2n) is 5.22. The number of hydrogen-bond donors (Lipinski definition) is 1. The van der Waals surface area contributed by atoms with Gasteiger partial charge in [-0.15, -0.1) is 0 Å². The molecule has 1 unspecified atom stereocenters. The number of rotatable bonds is 5. The van der Waals surface area contributed by atoms with Gasteiger partial charge >= 0.3 is 0 Å². The molecule has 1 N–H and O–H groups in total. The average Bonchev–Trinajstić information content (AvgIpc) is 2.02. The van der Waals surface area contributed by atoms with E-state index in [0.717, 1.165) is 6.54 Å². The zero-order valence-corrected chi connectivity index (χ0v) is 9.96. The van der Waals surface area contributed by atoms with Gasteiger partial charge in [-0.05, 0) is 19.9 Å². The van der Waals surface area contributed by atoms with Crippen LogP contribution in [0.3, 0.4) is 0 Å². The van der Waals surface area contributed by atoms with Crippen molar-refractivity contribution in [2.75, 3.05) is 20.2 Å². The molecule has 0 bridgehead atoms. The van der Waals surface area contributed by atoms with Gasteiger partial charge in [-0.2, -0.15) is 0 Å². The maximum atomic E-state index is 9.14. The fraction of sp³-hybridized carbons (Fsp3) is 1.00. The number of hydrogen-bond acceptors (Lipinski definition) is 2. The van der Waals surface area contributed by atoms with Gasteiger partial charge in [0.05, 0.1) is 0 Å². The van der Waals surface area contributed by atoms with E-state index in [2.05, 4.69) is 46.6 Å². The minimum atomic E-state index is 0.0118. The number of aliphatic hydroxyl groups excluding tert-OH is 1. The smallest absolute Gasteiger partial charge is 0.0494 e. The van der Waals surface area contributed by atoms with E-state index < -0.39 is 0 Å². The lowest BCUT2D eigenvalue weighted by molar-refractivity contribution is 0.0869. The Morgan fingerprint density at radius 1 is 1.23 bits per heavy atom. The van der Waals surface area contributed by atoms with Crippen LogP contribution in [-0.4, -0.2) is 36.2 Å². The maximum absolute atomic E-state index is 9.14. The van der Waals surface area contributed by atoms with Gasteiger partial charge < -0.3 is 10.0 Å². The van der Waals surface area contributed by atoms with Crippen LogP contribution in [0.4, 0.5) is 0 Å². The highest BCUT2D eigenvalue weighted by atomic mass is 16.3. The van der Waals surface area contributed by atoms with E-state index in [9.17, 15) is 0 Å². The lowest BCUT2D eigenvalue weighted by Gasteiger charge is -2.34. The molecule has 0 aromatic heterocycles. The average molecular weight is 187 g/mol. The van der Waals surface area contributed by atoms with E-state index in [0.29, 0.717) is 12.0 Å². The fourth-order valence-corrected chi connectivity index (χ4v) is 1.38. The first-order valence-corrected chi connectivity index (χ1v) is 5.11. The molecular formula is C11H25NO. The van der Waals surface area contributed by atoms with E-state index in [-0.39, 0.29) is 12.0 Å². The van der Waals surface area contributed by atoms with E-state index in [1.54, 1.807) is 0 Å². The van der Waals surface area contributed by atoms with Crippen LogP contribution in [-0.2, 0) is 0 Å². The Hall–Kier alpha value is -0.0800. The van der Waals surface area contributed by atoms with Crippen LogP contribution < -0.4 is 0 Å². The normalized spacial score (nSPS) is 15.5. The lowest BCUT2D eigenvalue weighted by atomic mass is 9.92. The van der Waals surface area contributed by atoms with Crippen LogP contribution in [0.25, 0.3) is 0 Å². The van der Waals surface area contributed by atoms with Crippen LogP contribution in [0, 0.1) is 11.3 Å². The standard InChI is InChI=1S/C11H25NO/c1-9(2)10(3)12(6)7-11(4,5)8-13/h9-10,13H,7-8H2,1-6H3. The van der Waals surface area contributed by atoms with Crippen molar-refractivity contribution in [3.8, 4) is 0 Å². The molecule has 1 atom stereocenters. The first-order chi connectivity index (χ1) is 5.80. The summed E-state index contributed by atoms with van der Waals surface area (Å²) in [6, 6.07) is 0.575. The fourth-order valence-electron chi connectivity index (χ4n) is 1.38. The van der Waals surface area contributed by atoms with Gasteiger partial charge in [0.2, 0.25) is 0 Å². The van der Waals surface area contributed by atoms with E-state index in [1.165, 1.54) is 0 Å². The molecule has 0 heterocycles. The molecule has 2 nitrogen and oxygen atoms in total. The van der Waals surface area contributed by atoms with Crippen molar-refractivity contribution in [3.05, 3.63) is 0 Å². The number of nitrogens with zero attached hydrogens (tertiary/aromatic N) is 1. The minimum absolute atomic E-state index is 0.0118. The highest BCUT2D eigenvalue weighted by Crippen LogP contribution is 2.18. The monoisotopic (exact) mass is 187 g/mol. The third-order valence-electron chi connectivity index (χ3n) is 2.77. The van der Waals surface area contributed by atoms with Gasteiger partial charge in [0, 0.05) is 24.6 Å². The zero-order chi connectivity index (χ0) is 10.6. The molecular weight excluding hydrogens is 162 g/mol. The Kier molecular flexibility index (Phi) is 4.93. The molecule has 2 heteroatoms. The summed E-state index contributed by atoms with van der Waals surface area (Å²) < 4.78 is 0. The van der Waals surface area contributed by atoms with Crippen LogP contribution >= 0.6 is 0 Å². The third kappa shape index (κ3) is 4.63. The molecule has 0 aliphatic rings. The predicted molar refractivity (Wildman–Crippen MR) is 57.8 cm³/mol. The summed E-state index contributed by atoms with van der Waals surface area (Å²) in [6.07, 6.45) is 0. The van der Waals surface area contributed by atoms with Crippen LogP contribution in [0.2, 0.25) is 0 Å². The van der Waals surface area contributed by atoms with Crippen LogP contribution in [0.15, 0.2) is 0 Å². The minimum Gasteiger partial charge on any atom is -0.396 e. The molecule has 0 aliphatic carbocycles. The number of aliphatic hydroxyl groups is 1. The molecule has 0 aliphatic heterocycles. The maximum Gasteiger partial charge on any atom is 0.0494 e. The lowest BCUT2D eigenvalue weighted by Crippen LogP contribution is -2.41. The Labute approximate surface area is 82.9 Å². The molecule has 13 heavy (non-hydrogen) atoms. The summed E-state index contributed by atoms with van der Waals surface area (Å²) in [6.45, 7) is 12.1. The third-order valence-corrected chi connectivity index (χ3v) is 2.77. The summed E-state index contributed by atoms with van der Waals surface area (Å²) in [5.74, 6) is 0.666. The predicted octanol–water partition coefficient (Wildman–Crippen LogP) is 1.98. The largest absolute Gasteiger partial charge is 0.396 e. The summed E-state index contributed by atoms with van der Waals surface area (Å²) >= 11 is 0. The Morgan fingerprint density at radius 2 is 1.69 bits per heavy atom. The molecule has 0 rings (SSSR count). The van der Waals surface area contributed by atoms with Gasteiger partial charge in [0.25, 0.3) is 0 Å². The van der Waals surface area contributed by atoms with Gasteiger partial charge in [-0.25, -0.2) is 0 Å². The van der Waals surface area contributed by atoms with Crippen LogP contribution in [0.1, 0.15) is 34.6 Å². The second-order valence-corrected chi connectivity index (χ2v) is 5.22. The molecule has 0 fully saturated rings. The Morgan fingerprint density at radius 3 is 2.00 bits per heavy atom. The van der Waals surface area contributed by atoms with Crippen molar-refractivity contribution in [1.29, 1.82) is 0 Å². The molecule has 0 amide bonds. The van der Waals surface area contributed by atoms with Gasteiger partial charge in [-0.1, -0.05) is 27.7 Å². The quantitative estimate of drug-likeness (QED) is 0.711. The Balaban J connectivity index is 4.06. The SMILES string of the molecule is CC(C)C(C)N(C)CC(C)(C)CO. The van der Waals surface area contributed by atoms with Crippen molar-refractivity contribution in [1.82, 2.24) is 4.90 Å². The van der Waals surface area contributed by atoms with E-state index in [1.807, 2.05) is 0 Å². The van der Waals surface area contributed by atoms with Crippen molar-refractivity contribution < 1.29 is 5.11 Å². The molecule has 0 saturated carbocycles.